The number of carbonyl (C=O) groups is 4. The smallest absolute Gasteiger partial charge is 0.324 e. The largest absolute Gasteiger partial charge is 0.508 e. The van der Waals surface area contributed by atoms with Crippen LogP contribution in [0.2, 0.25) is 0 Å². The predicted molar refractivity (Wildman–Crippen MR) is 239 cm³/mol. The first-order valence-electron chi connectivity index (χ1n) is 21.5. The van der Waals surface area contributed by atoms with Crippen molar-refractivity contribution in [3.63, 3.8) is 0 Å². The molecule has 3 aliphatic heterocycles. The molecule has 5 N–H and O–H groups in total. The van der Waals surface area contributed by atoms with E-state index in [-0.39, 0.29) is 36.8 Å². The molecule has 0 radical (unpaired) electrons. The van der Waals surface area contributed by atoms with Crippen LogP contribution in [-0.2, 0) is 36.8 Å². The number of nitrogens with zero attached hydrogens (tertiary/aromatic N) is 5. The third-order valence-corrected chi connectivity index (χ3v) is 12.2. The molecule has 4 atom stereocenters. The van der Waals surface area contributed by atoms with E-state index in [1.165, 1.54) is 11.1 Å². The van der Waals surface area contributed by atoms with Gasteiger partial charge in [-0.25, -0.2) is 5.43 Å². The van der Waals surface area contributed by atoms with E-state index in [4.69, 9.17) is 10.5 Å². The van der Waals surface area contributed by atoms with Gasteiger partial charge in [-0.1, -0.05) is 32.6 Å². The van der Waals surface area contributed by atoms with E-state index in [0.717, 1.165) is 50.8 Å². The van der Waals surface area contributed by atoms with Crippen LogP contribution in [0.1, 0.15) is 71.2 Å². The number of allylic oxidation sites excluding steroid dienone is 1. The van der Waals surface area contributed by atoms with Crippen LogP contribution in [0, 0.1) is 11.3 Å². The zero-order valence-corrected chi connectivity index (χ0v) is 36.7. The molecule has 62 heavy (non-hydrogen) atoms. The van der Waals surface area contributed by atoms with Gasteiger partial charge in [0.05, 0.1) is 24.0 Å². The summed E-state index contributed by atoms with van der Waals surface area (Å²) in [6.07, 6.45) is 6.89. The molecule has 3 amide bonds. The van der Waals surface area contributed by atoms with Gasteiger partial charge in [-0.3, -0.25) is 29.2 Å². The summed E-state index contributed by atoms with van der Waals surface area (Å²) in [5.41, 5.74) is 16.5. The Morgan fingerprint density at radius 3 is 2.61 bits per heavy atom. The van der Waals surface area contributed by atoms with Crippen molar-refractivity contribution in [1.29, 1.82) is 0 Å². The summed E-state index contributed by atoms with van der Waals surface area (Å²) in [6.45, 7) is 15.5. The summed E-state index contributed by atoms with van der Waals surface area (Å²) >= 11 is 0. The molecule has 0 unspecified atom stereocenters. The minimum absolute atomic E-state index is 0.0132. The number of ether oxygens (including phenoxy) is 1. The molecule has 2 aromatic heterocycles. The van der Waals surface area contributed by atoms with Crippen molar-refractivity contribution >= 4 is 34.6 Å². The molecule has 0 aliphatic carbocycles. The monoisotopic (exact) mass is 844 g/mol. The van der Waals surface area contributed by atoms with Crippen molar-refractivity contribution in [2.24, 2.45) is 17.1 Å². The number of carbonyl (C=O) groups excluding carboxylic acids is 4. The van der Waals surface area contributed by atoms with E-state index in [2.05, 4.69) is 46.8 Å². The molecule has 0 spiro atoms. The minimum atomic E-state index is -1.08. The van der Waals surface area contributed by atoms with Gasteiger partial charge in [-0.15, -0.1) is 0 Å². The van der Waals surface area contributed by atoms with Gasteiger partial charge >= 0.3 is 5.97 Å². The van der Waals surface area contributed by atoms with Crippen LogP contribution >= 0.6 is 0 Å². The summed E-state index contributed by atoms with van der Waals surface area (Å²) in [5.74, 6) is -1.26. The second kappa shape index (κ2) is 18.2. The number of cyclic esters (lactones) is 1. The highest BCUT2D eigenvalue weighted by molar-refractivity contribution is 5.98. The number of phenolic OH excluding ortho intramolecular Hbond substituents is 1. The van der Waals surface area contributed by atoms with Crippen LogP contribution in [0.3, 0.4) is 0 Å². The lowest BCUT2D eigenvalue weighted by molar-refractivity contribution is -0.155. The predicted octanol–water partition coefficient (Wildman–Crippen LogP) is 5.46. The average Bonchev–Trinajstić information content (AvgIpc) is 3.83. The van der Waals surface area contributed by atoms with Crippen molar-refractivity contribution < 1.29 is 29.0 Å². The third kappa shape index (κ3) is 9.41. The number of nitrogens with one attached hydrogen (secondary N) is 2. The van der Waals surface area contributed by atoms with Crippen molar-refractivity contribution in [2.45, 2.75) is 85.0 Å². The van der Waals surface area contributed by atoms with Crippen LogP contribution in [-0.4, -0.2) is 105 Å². The van der Waals surface area contributed by atoms with Gasteiger partial charge in [-0.2, -0.15) is 0 Å². The first-order valence-corrected chi connectivity index (χ1v) is 21.5. The summed E-state index contributed by atoms with van der Waals surface area (Å²) in [7, 11) is 1.85. The topological polar surface area (TPSA) is 175 Å². The highest BCUT2D eigenvalue weighted by Gasteiger charge is 2.36. The van der Waals surface area contributed by atoms with E-state index >= 15 is 0 Å². The molecule has 328 valence electrons. The molecule has 14 nitrogen and oxygen atoms in total. The van der Waals surface area contributed by atoms with Crippen LogP contribution in [0.25, 0.3) is 33.3 Å². The Labute approximate surface area is 363 Å². The molecule has 14 heteroatoms. The summed E-state index contributed by atoms with van der Waals surface area (Å²) in [5, 5.41) is 16.7. The first-order chi connectivity index (χ1) is 29.5. The Morgan fingerprint density at radius 2 is 1.90 bits per heavy atom. The Kier molecular flexibility index (Phi) is 12.9. The molecular formula is C48H60N8O6. The maximum Gasteiger partial charge on any atom is 0.324 e. The van der Waals surface area contributed by atoms with Crippen LogP contribution < -0.4 is 16.5 Å². The van der Waals surface area contributed by atoms with Crippen molar-refractivity contribution in [1.82, 2.24) is 35.1 Å². The number of likely N-dealkylation sites (tertiary alicyclic amines) is 1. The molecule has 0 saturated carbocycles. The third-order valence-electron chi connectivity index (χ3n) is 12.2. The fourth-order valence-electron chi connectivity index (χ4n) is 9.37. The minimum Gasteiger partial charge on any atom is -0.508 e. The number of nitrogens with two attached hydrogens (primary N) is 1. The summed E-state index contributed by atoms with van der Waals surface area (Å²) in [4.78, 5) is 63.2. The lowest BCUT2D eigenvalue weighted by atomic mass is 9.84. The number of hydrogen-bond donors (Lipinski definition) is 4. The molecule has 6 bridgehead atoms. The van der Waals surface area contributed by atoms with Crippen LogP contribution in [0.15, 0.2) is 84.8 Å². The van der Waals surface area contributed by atoms with Crippen molar-refractivity contribution in [3.05, 3.63) is 96.0 Å². The van der Waals surface area contributed by atoms with E-state index in [0.29, 0.717) is 56.7 Å². The summed E-state index contributed by atoms with van der Waals surface area (Å²) < 4.78 is 8.18. The summed E-state index contributed by atoms with van der Waals surface area (Å²) in [6, 6.07) is 13.5. The SMILES string of the molecule is C=CC(=O)N1CC[C@H](CN(C)C(C(=O)N[C@H]2Cc3cc(O)cc(c3)-c3ccc4c(c3)c(c(-c3cccnc3)n4[C@H](C)N)CC(C)(C)COC(=O)[C@@H]3CCCN(N3)C2=O)=C(C)C)C1. The number of aromatic nitrogens is 2. The zero-order chi connectivity index (χ0) is 44.5. The Morgan fingerprint density at radius 1 is 1.11 bits per heavy atom. The second-order valence-corrected chi connectivity index (χ2v) is 18.2. The van der Waals surface area contributed by atoms with Crippen molar-refractivity contribution in [2.75, 3.05) is 39.8 Å². The number of rotatable bonds is 8. The number of benzene rings is 2. The fourth-order valence-corrected chi connectivity index (χ4v) is 9.37. The van der Waals surface area contributed by atoms with Gasteiger partial charge in [0, 0.05) is 68.4 Å². The highest BCUT2D eigenvalue weighted by atomic mass is 16.5. The Hall–Kier alpha value is -5.99. The van der Waals surface area contributed by atoms with E-state index < -0.39 is 35.3 Å². The molecule has 7 rings (SSSR count). The number of likely N-dealkylation sites (N-methyl/N-ethyl adjacent to an activating group) is 1. The molecule has 2 saturated heterocycles. The van der Waals surface area contributed by atoms with Gasteiger partial charge in [0.25, 0.3) is 11.8 Å². The molecule has 2 aromatic carbocycles. The highest BCUT2D eigenvalue weighted by Crippen LogP contribution is 2.41. The average molecular weight is 845 g/mol. The number of hydrogen-bond acceptors (Lipinski definition) is 10. The standard InChI is InChI=1S/C48H60N8O6/c1-8-42(58)54-18-15-31(27-54)26-53(7)43(29(2)3)45(59)51-40-21-32-19-35(22-36(57)20-32)33-13-14-41-37(23-33)38(44(56(41)30(4)49)34-11-9-16-50-25-34)24-48(5,6)28-62-47(61)39-12-10-17-55(52-39)46(40)60/h8-9,11,13-14,16,19-20,22-23,25,30-31,39-40,52,57H,1,10,12,15,17-18,21,24,26-28,49H2,2-7H3,(H,51,59)/t30-,31-,39+,40+/m1/s1. The van der Waals surface area contributed by atoms with E-state index in [1.807, 2.05) is 69.2 Å². The number of esters is 1. The van der Waals surface area contributed by atoms with Crippen LogP contribution in [0.5, 0.6) is 5.75 Å². The van der Waals surface area contributed by atoms with Gasteiger partial charge in [0.15, 0.2) is 0 Å². The van der Waals surface area contributed by atoms with Gasteiger partial charge in [-0.05, 0) is 123 Å². The fraction of sp³-hybridized carbons (Fsp3) is 0.438. The molecular weight excluding hydrogens is 785 g/mol. The van der Waals surface area contributed by atoms with Gasteiger partial charge < -0.3 is 35.3 Å². The normalized spacial score (nSPS) is 20.9. The molecule has 3 aliphatic rings. The number of aromatic hydroxyl groups is 1. The number of pyridine rings is 1. The number of phenols is 1. The lowest BCUT2D eigenvalue weighted by Gasteiger charge is -2.36. The first kappa shape index (κ1) is 44.1. The zero-order valence-electron chi connectivity index (χ0n) is 36.7. The van der Waals surface area contributed by atoms with Gasteiger partial charge in [0.1, 0.15) is 23.5 Å². The van der Waals surface area contributed by atoms with Gasteiger partial charge in [0.2, 0.25) is 5.91 Å². The van der Waals surface area contributed by atoms with E-state index in [1.54, 1.807) is 23.2 Å². The molecule has 5 heterocycles. The van der Waals surface area contributed by atoms with E-state index in [9.17, 15) is 24.3 Å². The number of fused-ring (bicyclic) bond motifs is 6. The number of hydrazine groups is 1. The van der Waals surface area contributed by atoms with Crippen molar-refractivity contribution in [3.8, 4) is 28.1 Å². The maximum absolute atomic E-state index is 14.6. The van der Waals surface area contributed by atoms with Crippen LogP contribution in [0.4, 0.5) is 0 Å². The molecule has 2 fully saturated rings. The lowest BCUT2D eigenvalue weighted by Crippen LogP contribution is -2.60. The Balaban J connectivity index is 1.29. The number of amides is 3. The quantitative estimate of drug-likeness (QED) is 0.132. The second-order valence-electron chi connectivity index (χ2n) is 18.2. The maximum atomic E-state index is 14.6. The molecule has 4 aromatic rings. The Bertz CT molecular complexity index is 2400.